The van der Waals surface area contributed by atoms with E-state index in [-0.39, 0.29) is 5.82 Å². The van der Waals surface area contributed by atoms with E-state index in [1.54, 1.807) is 23.9 Å². The molecule has 2 rings (SSSR count). The minimum Gasteiger partial charge on any atom is -0.302 e. The molecule has 1 fully saturated rings. The van der Waals surface area contributed by atoms with Crippen molar-refractivity contribution in [1.29, 1.82) is 0 Å². The van der Waals surface area contributed by atoms with Crippen LogP contribution in [0.3, 0.4) is 0 Å². The van der Waals surface area contributed by atoms with Crippen LogP contribution in [0.2, 0.25) is 0 Å². The van der Waals surface area contributed by atoms with Gasteiger partial charge in [-0.3, -0.25) is 0 Å². The van der Waals surface area contributed by atoms with Gasteiger partial charge in [-0.15, -0.1) is 11.8 Å². The van der Waals surface area contributed by atoms with Crippen LogP contribution >= 0.6 is 11.8 Å². The fourth-order valence-corrected chi connectivity index (χ4v) is 3.02. The van der Waals surface area contributed by atoms with Gasteiger partial charge in [-0.05, 0) is 49.4 Å². The number of unbranched alkanes of at least 4 members (excludes halogenated alkanes) is 1. The van der Waals surface area contributed by atoms with Crippen LogP contribution in [0.4, 0.5) is 13.2 Å². The summed E-state index contributed by atoms with van der Waals surface area (Å²) in [4.78, 5) is 3.16. The first-order valence-electron chi connectivity index (χ1n) is 6.54. The highest BCUT2D eigenvalue weighted by molar-refractivity contribution is 7.99. The Morgan fingerprint density at radius 3 is 2.47 bits per heavy atom. The first-order chi connectivity index (χ1) is 9.15. The molecule has 0 unspecified atom stereocenters. The zero-order chi connectivity index (χ0) is 13.7. The molecule has 1 aliphatic heterocycles. The largest absolute Gasteiger partial charge is 0.302 e. The van der Waals surface area contributed by atoms with Gasteiger partial charge in [0.15, 0.2) is 0 Å². The molecule has 5 heteroatoms. The summed E-state index contributed by atoms with van der Waals surface area (Å²) in [5.74, 6) is 0.363. The van der Waals surface area contributed by atoms with Crippen molar-refractivity contribution < 1.29 is 13.2 Å². The van der Waals surface area contributed by atoms with Gasteiger partial charge in [0.25, 0.3) is 0 Å². The molecule has 0 atom stereocenters. The minimum absolute atomic E-state index is 0.212. The van der Waals surface area contributed by atoms with Crippen molar-refractivity contribution in [2.45, 2.75) is 24.2 Å². The molecule has 0 bridgehead atoms. The Morgan fingerprint density at radius 1 is 1.16 bits per heavy atom. The zero-order valence-corrected chi connectivity index (χ0v) is 11.5. The van der Waals surface area contributed by atoms with Crippen LogP contribution in [0, 0.1) is 11.7 Å². The molecule has 1 nitrogen and oxygen atoms in total. The van der Waals surface area contributed by atoms with E-state index in [1.165, 1.54) is 12.1 Å². The highest BCUT2D eigenvalue weighted by Crippen LogP contribution is 2.23. The summed E-state index contributed by atoms with van der Waals surface area (Å²) >= 11 is 1.71. The lowest BCUT2D eigenvalue weighted by atomic mass is 10.0. The number of halogens is 3. The number of rotatable bonds is 7. The molecule has 1 heterocycles. The van der Waals surface area contributed by atoms with Gasteiger partial charge < -0.3 is 4.90 Å². The SMILES string of the molecule is Fc1ccc(SCCCCN2CC(C(F)F)C2)cc1. The molecule has 0 spiro atoms. The molecule has 1 aliphatic rings. The number of benzene rings is 1. The summed E-state index contributed by atoms with van der Waals surface area (Å²) in [6.45, 7) is 2.00. The van der Waals surface area contributed by atoms with Crippen LogP contribution in [0.1, 0.15) is 12.8 Å². The Hall–Kier alpha value is -0.680. The van der Waals surface area contributed by atoms with Crippen LogP contribution in [-0.4, -0.2) is 36.7 Å². The first kappa shape index (κ1) is 14.7. The molecule has 0 saturated carbocycles. The summed E-state index contributed by atoms with van der Waals surface area (Å²) in [5.41, 5.74) is 0. The van der Waals surface area contributed by atoms with E-state index in [4.69, 9.17) is 0 Å². The molecular formula is C14H18F3NS. The van der Waals surface area contributed by atoms with Crippen LogP contribution in [0.25, 0.3) is 0 Å². The van der Waals surface area contributed by atoms with Gasteiger partial charge in [0.1, 0.15) is 5.82 Å². The van der Waals surface area contributed by atoms with E-state index in [0.717, 1.165) is 30.0 Å². The van der Waals surface area contributed by atoms with E-state index >= 15 is 0 Å². The van der Waals surface area contributed by atoms with Gasteiger partial charge in [0, 0.05) is 23.9 Å². The third-order valence-corrected chi connectivity index (χ3v) is 4.39. The van der Waals surface area contributed by atoms with Gasteiger partial charge in [-0.1, -0.05) is 0 Å². The highest BCUT2D eigenvalue weighted by atomic mass is 32.2. The molecule has 0 radical (unpaired) electrons. The topological polar surface area (TPSA) is 3.24 Å². The number of thioether (sulfide) groups is 1. The van der Waals surface area contributed by atoms with Gasteiger partial charge in [-0.25, -0.2) is 13.2 Å². The standard InChI is InChI=1S/C14H18F3NS/c15-12-3-5-13(6-4-12)19-8-2-1-7-18-9-11(10-18)14(16)17/h3-6,11,14H,1-2,7-10H2. The van der Waals surface area contributed by atoms with E-state index in [2.05, 4.69) is 4.90 Å². The highest BCUT2D eigenvalue weighted by Gasteiger charge is 2.32. The summed E-state index contributed by atoms with van der Waals surface area (Å²) in [6, 6.07) is 6.49. The van der Waals surface area contributed by atoms with E-state index in [0.29, 0.717) is 13.1 Å². The number of alkyl halides is 2. The molecule has 0 amide bonds. The van der Waals surface area contributed by atoms with Crippen LogP contribution in [-0.2, 0) is 0 Å². The Balaban J connectivity index is 1.50. The maximum Gasteiger partial charge on any atom is 0.243 e. The van der Waals surface area contributed by atoms with Crippen molar-refractivity contribution in [3.8, 4) is 0 Å². The molecule has 0 aromatic heterocycles. The van der Waals surface area contributed by atoms with Gasteiger partial charge >= 0.3 is 0 Å². The normalized spacial score (nSPS) is 16.8. The van der Waals surface area contributed by atoms with Crippen molar-refractivity contribution >= 4 is 11.8 Å². The Kier molecular flexibility index (Phi) is 5.58. The van der Waals surface area contributed by atoms with E-state index in [1.807, 2.05) is 0 Å². The maximum atomic E-state index is 12.7. The smallest absolute Gasteiger partial charge is 0.243 e. The number of nitrogens with zero attached hydrogens (tertiary/aromatic N) is 1. The van der Waals surface area contributed by atoms with Crippen LogP contribution in [0.15, 0.2) is 29.2 Å². The van der Waals surface area contributed by atoms with E-state index in [9.17, 15) is 13.2 Å². The fraction of sp³-hybridized carbons (Fsp3) is 0.571. The fourth-order valence-electron chi connectivity index (χ4n) is 2.11. The average Bonchev–Trinajstić information content (AvgIpc) is 2.32. The molecular weight excluding hydrogens is 271 g/mol. The summed E-state index contributed by atoms with van der Waals surface area (Å²) in [7, 11) is 0. The molecule has 1 aromatic carbocycles. The Labute approximate surface area is 116 Å². The monoisotopic (exact) mass is 289 g/mol. The van der Waals surface area contributed by atoms with Crippen molar-refractivity contribution in [1.82, 2.24) is 4.90 Å². The lowest BCUT2D eigenvalue weighted by Crippen LogP contribution is -2.50. The predicted octanol–water partition coefficient (Wildman–Crippen LogP) is 3.89. The first-order valence-corrected chi connectivity index (χ1v) is 7.52. The number of hydrogen-bond donors (Lipinski definition) is 0. The molecule has 106 valence electrons. The lowest BCUT2D eigenvalue weighted by molar-refractivity contribution is -0.0243. The number of hydrogen-bond acceptors (Lipinski definition) is 2. The Bertz CT molecular complexity index is 377. The summed E-state index contributed by atoms with van der Waals surface area (Å²) < 4.78 is 37.2. The van der Waals surface area contributed by atoms with Gasteiger partial charge in [0.2, 0.25) is 6.43 Å². The average molecular weight is 289 g/mol. The molecule has 0 N–H and O–H groups in total. The second-order valence-electron chi connectivity index (χ2n) is 4.86. The van der Waals surface area contributed by atoms with Gasteiger partial charge in [-0.2, -0.15) is 0 Å². The van der Waals surface area contributed by atoms with Crippen molar-refractivity contribution in [3.05, 3.63) is 30.1 Å². The molecule has 0 aliphatic carbocycles. The third kappa shape index (κ3) is 4.73. The predicted molar refractivity (Wildman–Crippen MR) is 72.3 cm³/mol. The van der Waals surface area contributed by atoms with Crippen LogP contribution in [0.5, 0.6) is 0 Å². The molecule has 1 saturated heterocycles. The van der Waals surface area contributed by atoms with Crippen molar-refractivity contribution in [2.24, 2.45) is 5.92 Å². The lowest BCUT2D eigenvalue weighted by Gasteiger charge is -2.38. The minimum atomic E-state index is -2.16. The number of likely N-dealkylation sites (tertiary alicyclic amines) is 1. The molecule has 19 heavy (non-hydrogen) atoms. The zero-order valence-electron chi connectivity index (χ0n) is 10.7. The van der Waals surface area contributed by atoms with Crippen molar-refractivity contribution in [2.75, 3.05) is 25.4 Å². The van der Waals surface area contributed by atoms with E-state index < -0.39 is 12.3 Å². The quantitative estimate of drug-likeness (QED) is 0.553. The summed E-state index contributed by atoms with van der Waals surface area (Å²) in [6.07, 6.45) is -0.0764. The molecule has 1 aromatic rings. The Morgan fingerprint density at radius 2 is 1.84 bits per heavy atom. The second-order valence-corrected chi connectivity index (χ2v) is 6.03. The van der Waals surface area contributed by atoms with Crippen molar-refractivity contribution in [3.63, 3.8) is 0 Å². The van der Waals surface area contributed by atoms with Crippen LogP contribution < -0.4 is 0 Å². The summed E-state index contributed by atoms with van der Waals surface area (Å²) in [5, 5.41) is 0. The van der Waals surface area contributed by atoms with Gasteiger partial charge in [0.05, 0.1) is 0 Å². The third-order valence-electron chi connectivity index (χ3n) is 3.29. The second kappa shape index (κ2) is 7.20. The maximum absolute atomic E-state index is 12.7.